The molecule has 0 saturated heterocycles. The van der Waals surface area contributed by atoms with Crippen LogP contribution in [-0.2, 0) is 23.0 Å². The van der Waals surface area contributed by atoms with E-state index in [2.05, 4.69) is 79.8 Å². The van der Waals surface area contributed by atoms with E-state index in [-0.39, 0.29) is 30.3 Å². The van der Waals surface area contributed by atoms with Crippen molar-refractivity contribution in [2.75, 3.05) is 0 Å². The fraction of sp³-hybridized carbons (Fsp3) is 0.150. The van der Waals surface area contributed by atoms with Crippen LogP contribution in [0, 0.1) is 6.08 Å². The van der Waals surface area contributed by atoms with Crippen molar-refractivity contribution in [3.63, 3.8) is 0 Å². The Bertz CT molecular complexity index is 754. The smallest absolute Gasteiger partial charge is 0.0771 e. The maximum Gasteiger partial charge on any atom is -0.0771 e. The molecule has 3 aromatic carbocycles. The molecule has 0 unspecified atom stereocenters. The second kappa shape index (κ2) is 12.8. The number of allylic oxidation sites excluding steroid dienone is 4. The maximum absolute atomic E-state index is 2.99. The second-order valence-corrected chi connectivity index (χ2v) is 18.1. The number of halogens is 2. The zero-order valence-corrected chi connectivity index (χ0v) is 20.2. The summed E-state index contributed by atoms with van der Waals surface area (Å²) >= 11 is 1.45. The monoisotopic (exact) mass is 540 g/mol. The van der Waals surface area contributed by atoms with Gasteiger partial charge in [0.2, 0.25) is 0 Å². The summed E-state index contributed by atoms with van der Waals surface area (Å²) in [6.45, 7) is 4.66. The Labute approximate surface area is 172 Å². The molecule has 0 saturated carbocycles. The summed E-state index contributed by atoms with van der Waals surface area (Å²) in [5.41, 5.74) is 0.259. The van der Waals surface area contributed by atoms with Crippen LogP contribution in [0.4, 0.5) is 0 Å². The Hall–Kier alpha value is -0.543. The molecule has 24 heavy (non-hydrogen) atoms. The number of hydrogen-bond acceptors (Lipinski definition) is 0. The van der Waals surface area contributed by atoms with Gasteiger partial charge in [-0.05, 0) is 0 Å². The largest absolute Gasteiger partial charge is 0.273 e. The van der Waals surface area contributed by atoms with E-state index in [4.69, 9.17) is 0 Å². The number of benzene rings is 2. The molecule has 1 aliphatic carbocycles. The first-order valence-electron chi connectivity index (χ1n) is 7.45. The molecular formula is C20H22Cl2HfSi. The van der Waals surface area contributed by atoms with Gasteiger partial charge in [-0.3, -0.25) is 6.08 Å². The third-order valence-corrected chi connectivity index (χ3v) is 3.11. The normalized spacial score (nSPS) is 10.8. The minimum atomic E-state index is 0. The quantitative estimate of drug-likeness (QED) is 0.222. The van der Waals surface area contributed by atoms with Crippen molar-refractivity contribution >= 4 is 51.9 Å². The molecule has 4 rings (SSSR count). The molecule has 0 atom stereocenters. The van der Waals surface area contributed by atoms with E-state index in [1.165, 1.54) is 44.5 Å². The SMILES string of the molecule is C[Si](C)=[Hf+2].Cl.Cl.[C-]1=CC=CC1.c1ccc2c(c1)[cH-]c1ccccc12. The molecule has 0 N–H and O–H groups in total. The Morgan fingerprint density at radius 3 is 1.71 bits per heavy atom. The van der Waals surface area contributed by atoms with E-state index in [9.17, 15) is 0 Å². The van der Waals surface area contributed by atoms with Crippen LogP contribution in [0.3, 0.4) is 0 Å². The summed E-state index contributed by atoms with van der Waals surface area (Å²) in [5, 5.41) is 5.39. The predicted octanol–water partition coefficient (Wildman–Crippen LogP) is 6.65. The second-order valence-electron chi connectivity index (χ2n) is 5.32. The molecule has 0 aromatic heterocycles. The van der Waals surface area contributed by atoms with Crippen LogP contribution >= 0.6 is 24.8 Å². The molecule has 0 radical (unpaired) electrons. The zero-order chi connectivity index (χ0) is 15.8. The van der Waals surface area contributed by atoms with Gasteiger partial charge in [-0.15, -0.1) is 71.0 Å². The first-order chi connectivity index (χ1) is 10.7. The van der Waals surface area contributed by atoms with Crippen molar-refractivity contribution in [1.29, 1.82) is 0 Å². The number of hydrogen-bond donors (Lipinski definition) is 0. The molecule has 1 aliphatic rings. The van der Waals surface area contributed by atoms with E-state index in [1.54, 1.807) is 0 Å². The number of rotatable bonds is 0. The van der Waals surface area contributed by atoms with Gasteiger partial charge in [-0.25, -0.2) is 12.2 Å². The average Bonchev–Trinajstić information content (AvgIpc) is 3.18. The summed E-state index contributed by atoms with van der Waals surface area (Å²) in [5.74, 6) is 0. The summed E-state index contributed by atoms with van der Waals surface area (Å²) < 4.78 is 0. The van der Waals surface area contributed by atoms with Crippen molar-refractivity contribution in [3.8, 4) is 0 Å². The molecule has 0 aliphatic heterocycles. The molecule has 124 valence electrons. The molecule has 0 bridgehead atoms. The Morgan fingerprint density at radius 2 is 1.38 bits per heavy atom. The first-order valence-corrected chi connectivity index (χ1v) is 15.3. The van der Waals surface area contributed by atoms with E-state index in [0.717, 1.165) is 6.42 Å². The molecule has 0 nitrogen and oxygen atoms in total. The molecule has 4 heteroatoms. The summed E-state index contributed by atoms with van der Waals surface area (Å²) in [6, 6.07) is 19.3. The van der Waals surface area contributed by atoms with Crippen LogP contribution in [0.25, 0.3) is 21.5 Å². The van der Waals surface area contributed by atoms with Crippen LogP contribution in [0.15, 0.2) is 72.8 Å². The fourth-order valence-electron chi connectivity index (χ4n) is 2.24. The van der Waals surface area contributed by atoms with Crippen LogP contribution in [0.1, 0.15) is 6.42 Å². The molecule has 3 aromatic rings. The van der Waals surface area contributed by atoms with Gasteiger partial charge < -0.3 is 0 Å². The minimum absolute atomic E-state index is 0. The van der Waals surface area contributed by atoms with Gasteiger partial charge in [-0.2, -0.15) is 6.08 Å². The van der Waals surface area contributed by atoms with Crippen molar-refractivity contribution in [1.82, 2.24) is 0 Å². The van der Waals surface area contributed by atoms with Crippen LogP contribution < -0.4 is 0 Å². The van der Waals surface area contributed by atoms with Crippen LogP contribution in [-0.4, -0.2) is 5.49 Å². The van der Waals surface area contributed by atoms with Crippen molar-refractivity contribution in [3.05, 3.63) is 78.9 Å². The van der Waals surface area contributed by atoms with E-state index in [0.29, 0.717) is 0 Å². The zero-order valence-electron chi connectivity index (χ0n) is 14.0. The van der Waals surface area contributed by atoms with Gasteiger partial charge in [0.1, 0.15) is 0 Å². The topological polar surface area (TPSA) is 0 Å². The minimum Gasteiger partial charge on any atom is -0.273 e. The summed E-state index contributed by atoms with van der Waals surface area (Å²) in [7, 11) is 0. The van der Waals surface area contributed by atoms with Crippen LogP contribution in [0.2, 0.25) is 13.1 Å². The van der Waals surface area contributed by atoms with Gasteiger partial charge in [0, 0.05) is 0 Å². The average molecular weight is 540 g/mol. The standard InChI is InChI=1S/C13H9.C5H5.C2H6Si.2ClH.Hf/c1-3-7-12-10(5-1)9-11-6-2-4-8-13(11)12;1-2-4-5-3-1;1-3-2;;;/h1-9H;1-3H,4H2;1-2H3;2*1H;/q2*-1;;;;+2. The maximum atomic E-state index is 2.99. The van der Waals surface area contributed by atoms with Crippen molar-refractivity contribution in [2.24, 2.45) is 0 Å². The summed E-state index contributed by atoms with van der Waals surface area (Å²) in [4.78, 5) is 0. The predicted molar refractivity (Wildman–Crippen MR) is 111 cm³/mol. The van der Waals surface area contributed by atoms with E-state index in [1.807, 2.05) is 12.2 Å². The molecule has 0 spiro atoms. The first kappa shape index (κ1) is 23.5. The van der Waals surface area contributed by atoms with Crippen molar-refractivity contribution < 1.29 is 23.0 Å². The fourth-order valence-corrected chi connectivity index (χ4v) is 2.24. The Morgan fingerprint density at radius 1 is 0.917 bits per heavy atom. The Kier molecular flexibility index (Phi) is 12.5. The van der Waals surface area contributed by atoms with Crippen LogP contribution in [0.5, 0.6) is 0 Å². The van der Waals surface area contributed by atoms with Gasteiger partial charge in [0.15, 0.2) is 0 Å². The van der Waals surface area contributed by atoms with Gasteiger partial charge in [0.25, 0.3) is 0 Å². The number of fused-ring (bicyclic) bond motifs is 3. The third-order valence-electron chi connectivity index (χ3n) is 3.11. The van der Waals surface area contributed by atoms with Gasteiger partial charge >= 0.3 is 41.6 Å². The molecule has 0 fully saturated rings. The van der Waals surface area contributed by atoms with Gasteiger partial charge in [0.05, 0.1) is 0 Å². The van der Waals surface area contributed by atoms with E-state index >= 15 is 0 Å². The van der Waals surface area contributed by atoms with Crippen molar-refractivity contribution in [2.45, 2.75) is 19.5 Å². The summed E-state index contributed by atoms with van der Waals surface area (Å²) in [6.07, 6.45) is 10.0. The molecule has 0 amide bonds. The molecule has 0 heterocycles. The van der Waals surface area contributed by atoms with E-state index < -0.39 is 0 Å². The van der Waals surface area contributed by atoms with Gasteiger partial charge in [-0.1, -0.05) is 36.4 Å². The third kappa shape index (κ3) is 7.56. The Balaban J connectivity index is 0.000000409. The molecular weight excluding hydrogens is 518 g/mol.